The van der Waals surface area contributed by atoms with Gasteiger partial charge in [0.15, 0.2) is 0 Å². The van der Waals surface area contributed by atoms with Gasteiger partial charge in [-0.1, -0.05) is 12.8 Å². The molecule has 1 N–H and O–H groups in total. The van der Waals surface area contributed by atoms with Crippen molar-refractivity contribution in [1.29, 1.82) is 0 Å². The van der Waals surface area contributed by atoms with Crippen LogP contribution >= 0.6 is 11.6 Å². The maximum absolute atomic E-state index is 10.8. The van der Waals surface area contributed by atoms with Crippen molar-refractivity contribution >= 4 is 34.8 Å². The van der Waals surface area contributed by atoms with Crippen molar-refractivity contribution in [2.45, 2.75) is 78.1 Å². The number of unbranched alkanes of at least 4 members (excludes halogenated alkanes) is 4. The van der Waals surface area contributed by atoms with Crippen LogP contribution in [0.15, 0.2) is 0 Å². The number of carbonyl (C=O) groups is 4. The molecule has 152 valence electrons. The summed E-state index contributed by atoms with van der Waals surface area (Å²) in [6.45, 7) is 4.39. The molecule has 0 saturated carbocycles. The van der Waals surface area contributed by atoms with Crippen molar-refractivity contribution in [2.24, 2.45) is 0 Å². The SMILES string of the molecule is CCOC(=O)CCCCCC(=O)Cl.CCOC(=O)CCCCCC(=O)O. The number of hydrogen-bond acceptors (Lipinski definition) is 6. The van der Waals surface area contributed by atoms with Crippen LogP contribution in [0.2, 0.25) is 0 Å². The maximum atomic E-state index is 10.8. The standard InChI is InChI=1S/C9H15ClO3.C9H16O4/c2*1-2-13-9(12)7-5-3-4-6-8(10)11/h2-7H2,1H3;2-7H2,1H3,(H,10,11). The van der Waals surface area contributed by atoms with Crippen molar-refractivity contribution in [2.75, 3.05) is 13.2 Å². The third-order valence-electron chi connectivity index (χ3n) is 3.14. The number of carbonyl (C=O) groups excluding carboxylic acids is 3. The first-order chi connectivity index (χ1) is 12.3. The predicted molar refractivity (Wildman–Crippen MR) is 97.9 cm³/mol. The molecule has 0 aromatic heterocycles. The summed E-state index contributed by atoms with van der Waals surface area (Å²) in [7, 11) is 0. The summed E-state index contributed by atoms with van der Waals surface area (Å²) in [6, 6.07) is 0. The fraction of sp³-hybridized carbons (Fsp3) is 0.778. The second-order valence-corrected chi connectivity index (χ2v) is 5.90. The molecule has 0 aliphatic carbocycles. The number of esters is 2. The van der Waals surface area contributed by atoms with Crippen molar-refractivity contribution in [3.8, 4) is 0 Å². The van der Waals surface area contributed by atoms with Gasteiger partial charge >= 0.3 is 17.9 Å². The van der Waals surface area contributed by atoms with E-state index in [4.69, 9.17) is 26.2 Å². The van der Waals surface area contributed by atoms with E-state index in [2.05, 4.69) is 0 Å². The first-order valence-corrected chi connectivity index (χ1v) is 9.42. The van der Waals surface area contributed by atoms with Crippen LogP contribution in [0, 0.1) is 0 Å². The summed E-state index contributed by atoms with van der Waals surface area (Å²) < 4.78 is 9.45. The molecule has 26 heavy (non-hydrogen) atoms. The van der Waals surface area contributed by atoms with E-state index in [1.165, 1.54) is 0 Å². The summed E-state index contributed by atoms with van der Waals surface area (Å²) in [4.78, 5) is 42.1. The zero-order chi connectivity index (χ0) is 20.2. The zero-order valence-corrected chi connectivity index (χ0v) is 16.5. The molecule has 0 rings (SSSR count). The molecule has 0 aliphatic heterocycles. The van der Waals surface area contributed by atoms with Crippen LogP contribution < -0.4 is 0 Å². The van der Waals surface area contributed by atoms with Gasteiger partial charge in [0, 0.05) is 25.7 Å². The highest BCUT2D eigenvalue weighted by atomic mass is 35.5. The molecule has 8 heteroatoms. The number of hydrogen-bond donors (Lipinski definition) is 1. The summed E-state index contributed by atoms with van der Waals surface area (Å²) >= 11 is 5.14. The monoisotopic (exact) mass is 394 g/mol. The molecule has 0 aliphatic rings. The van der Waals surface area contributed by atoms with Crippen molar-refractivity contribution in [1.82, 2.24) is 0 Å². The third kappa shape index (κ3) is 24.6. The molecule has 7 nitrogen and oxygen atoms in total. The lowest BCUT2D eigenvalue weighted by atomic mass is 10.1. The Bertz CT molecular complexity index is 372. The van der Waals surface area contributed by atoms with Crippen LogP contribution in [0.3, 0.4) is 0 Å². The summed E-state index contributed by atoms with van der Waals surface area (Å²) in [6.07, 6.45) is 5.89. The summed E-state index contributed by atoms with van der Waals surface area (Å²) in [5.74, 6) is -1.14. The quantitative estimate of drug-likeness (QED) is 0.271. The Labute approximate surface area is 160 Å². The molecule has 0 aromatic carbocycles. The number of halogens is 1. The first kappa shape index (κ1) is 26.6. The Hall–Kier alpha value is -1.63. The van der Waals surface area contributed by atoms with E-state index in [0.717, 1.165) is 25.7 Å². The minimum Gasteiger partial charge on any atom is -0.481 e. The van der Waals surface area contributed by atoms with Gasteiger partial charge in [0.05, 0.1) is 13.2 Å². The number of carboxylic acids is 1. The number of aliphatic carboxylic acids is 1. The van der Waals surface area contributed by atoms with Crippen molar-refractivity contribution < 1.29 is 33.8 Å². The normalized spacial score (nSPS) is 9.65. The Kier molecular flexibility index (Phi) is 20.1. The summed E-state index contributed by atoms with van der Waals surface area (Å²) in [5, 5.41) is 8.01. The van der Waals surface area contributed by atoms with E-state index >= 15 is 0 Å². The molecular formula is C18H31ClO7. The van der Waals surface area contributed by atoms with E-state index < -0.39 is 5.97 Å². The van der Waals surface area contributed by atoms with Crippen LogP contribution in [-0.4, -0.2) is 41.5 Å². The van der Waals surface area contributed by atoms with Gasteiger partial charge in [-0.3, -0.25) is 19.2 Å². The van der Waals surface area contributed by atoms with Gasteiger partial charge in [-0.2, -0.15) is 0 Å². The van der Waals surface area contributed by atoms with Gasteiger partial charge in [-0.25, -0.2) is 0 Å². The highest BCUT2D eigenvalue weighted by Crippen LogP contribution is 2.05. The lowest BCUT2D eigenvalue weighted by Crippen LogP contribution is -2.03. The molecule has 0 unspecified atom stereocenters. The van der Waals surface area contributed by atoms with E-state index in [9.17, 15) is 19.2 Å². The van der Waals surface area contributed by atoms with Crippen LogP contribution in [-0.2, 0) is 28.7 Å². The molecule has 0 saturated heterocycles. The average Bonchev–Trinajstić information content (AvgIpc) is 2.55. The number of carboxylic acid groups (broad SMARTS) is 1. The largest absolute Gasteiger partial charge is 0.481 e. The van der Waals surface area contributed by atoms with Crippen LogP contribution in [0.25, 0.3) is 0 Å². The molecule has 0 atom stereocenters. The van der Waals surface area contributed by atoms with Crippen molar-refractivity contribution in [3.63, 3.8) is 0 Å². The Balaban J connectivity index is 0. The molecule has 0 bridgehead atoms. The van der Waals surface area contributed by atoms with Gasteiger partial charge in [-0.15, -0.1) is 0 Å². The second-order valence-electron chi connectivity index (χ2n) is 5.48. The Morgan fingerprint density at radius 2 is 1.08 bits per heavy atom. The Morgan fingerprint density at radius 3 is 1.42 bits per heavy atom. The molecule has 0 heterocycles. The third-order valence-corrected chi connectivity index (χ3v) is 3.33. The fourth-order valence-corrected chi connectivity index (χ4v) is 2.03. The fourth-order valence-electron chi connectivity index (χ4n) is 1.90. The Morgan fingerprint density at radius 1 is 0.692 bits per heavy atom. The van der Waals surface area contributed by atoms with Gasteiger partial charge in [0.25, 0.3) is 0 Å². The minimum atomic E-state index is -0.781. The second kappa shape index (κ2) is 19.7. The minimum absolute atomic E-state index is 0.167. The first-order valence-electron chi connectivity index (χ1n) is 9.04. The van der Waals surface area contributed by atoms with E-state index in [1.54, 1.807) is 13.8 Å². The molecule has 0 aromatic rings. The molecule has 0 amide bonds. The molecule has 0 radical (unpaired) electrons. The highest BCUT2D eigenvalue weighted by Gasteiger charge is 2.02. The highest BCUT2D eigenvalue weighted by molar-refractivity contribution is 6.63. The smallest absolute Gasteiger partial charge is 0.305 e. The number of ether oxygens (including phenoxy) is 2. The maximum Gasteiger partial charge on any atom is 0.305 e. The van der Waals surface area contributed by atoms with E-state index in [0.29, 0.717) is 45.3 Å². The lowest BCUT2D eigenvalue weighted by Gasteiger charge is -2.00. The molecule has 0 fully saturated rings. The average molecular weight is 395 g/mol. The topological polar surface area (TPSA) is 107 Å². The van der Waals surface area contributed by atoms with Gasteiger partial charge < -0.3 is 14.6 Å². The van der Waals surface area contributed by atoms with Crippen molar-refractivity contribution in [3.05, 3.63) is 0 Å². The van der Waals surface area contributed by atoms with Crippen LogP contribution in [0.5, 0.6) is 0 Å². The lowest BCUT2D eigenvalue weighted by molar-refractivity contribution is -0.144. The predicted octanol–water partition coefficient (Wildman–Crippen LogP) is 3.85. The number of rotatable bonds is 14. The van der Waals surface area contributed by atoms with E-state index in [1.807, 2.05) is 0 Å². The molecular weight excluding hydrogens is 364 g/mol. The van der Waals surface area contributed by atoms with Crippen LogP contribution in [0.1, 0.15) is 78.1 Å². The van der Waals surface area contributed by atoms with Crippen LogP contribution in [0.4, 0.5) is 0 Å². The summed E-state index contributed by atoms with van der Waals surface area (Å²) in [5.41, 5.74) is 0. The van der Waals surface area contributed by atoms with Gasteiger partial charge in [0.1, 0.15) is 0 Å². The van der Waals surface area contributed by atoms with Gasteiger partial charge in [0.2, 0.25) is 5.24 Å². The molecule has 0 spiro atoms. The van der Waals surface area contributed by atoms with Gasteiger partial charge in [-0.05, 0) is 51.1 Å². The zero-order valence-electron chi connectivity index (χ0n) is 15.8. The van der Waals surface area contributed by atoms with E-state index in [-0.39, 0.29) is 23.6 Å².